The van der Waals surface area contributed by atoms with Crippen LogP contribution in [0.1, 0.15) is 54.5 Å². The van der Waals surface area contributed by atoms with Crippen LogP contribution in [-0.2, 0) is 16.4 Å². The van der Waals surface area contributed by atoms with E-state index in [2.05, 4.69) is 25.2 Å². The second-order valence-corrected chi connectivity index (χ2v) is 10.5. The van der Waals surface area contributed by atoms with Crippen LogP contribution in [0.5, 0.6) is 0 Å². The zero-order valence-corrected chi connectivity index (χ0v) is 17.5. The van der Waals surface area contributed by atoms with Crippen LogP contribution in [-0.4, -0.2) is 55.1 Å². The molecule has 8 heteroatoms. The lowest BCUT2D eigenvalue weighted by molar-refractivity contribution is 0.158. The van der Waals surface area contributed by atoms with Crippen molar-refractivity contribution in [2.75, 3.05) is 25.4 Å². The number of nitrogens with one attached hydrogen (secondary N) is 1. The fourth-order valence-corrected chi connectivity index (χ4v) is 6.80. The summed E-state index contributed by atoms with van der Waals surface area (Å²) in [6, 6.07) is 2.15. The first-order valence-electron chi connectivity index (χ1n) is 9.46. The molecular weight excluding hydrogens is 370 g/mol. The molecule has 0 aliphatic carbocycles. The predicted octanol–water partition coefficient (Wildman–Crippen LogP) is 2.89. The number of rotatable bonds is 4. The highest BCUT2D eigenvalue weighted by Gasteiger charge is 2.36. The molecule has 3 rings (SSSR count). The molecule has 1 aromatic heterocycles. The Morgan fingerprint density at radius 1 is 1.35 bits per heavy atom. The molecule has 2 fully saturated rings. The van der Waals surface area contributed by atoms with Gasteiger partial charge in [0, 0.05) is 35.4 Å². The van der Waals surface area contributed by atoms with E-state index in [0.29, 0.717) is 19.6 Å². The van der Waals surface area contributed by atoms with Gasteiger partial charge < -0.3 is 10.2 Å². The molecule has 1 unspecified atom stereocenters. The van der Waals surface area contributed by atoms with Gasteiger partial charge in [-0.25, -0.2) is 13.2 Å². The summed E-state index contributed by atoms with van der Waals surface area (Å²) >= 11 is 1.77. The first-order valence-corrected chi connectivity index (χ1v) is 11.9. The number of hydrogen-bond acceptors (Lipinski definition) is 4. The zero-order chi connectivity index (χ0) is 18.9. The lowest BCUT2D eigenvalue weighted by Gasteiger charge is -2.36. The number of amides is 2. The molecule has 1 aromatic rings. The number of carbonyl (C=O) groups is 1. The molecule has 0 radical (unpaired) electrons. The van der Waals surface area contributed by atoms with Gasteiger partial charge in [0.1, 0.15) is 0 Å². The first kappa shape index (κ1) is 19.6. The number of hydrogen-bond donors (Lipinski definition) is 1. The minimum atomic E-state index is -3.07. The maximum Gasteiger partial charge on any atom is 0.317 e. The molecule has 0 aromatic carbocycles. The average molecular weight is 400 g/mol. The molecular formula is C18H29N3O3S2. The zero-order valence-electron chi connectivity index (χ0n) is 15.8. The van der Waals surface area contributed by atoms with E-state index in [1.165, 1.54) is 15.3 Å². The number of thiophene rings is 1. The quantitative estimate of drug-likeness (QED) is 0.846. The maximum absolute atomic E-state index is 12.6. The van der Waals surface area contributed by atoms with E-state index < -0.39 is 10.0 Å². The molecule has 3 heterocycles. The Labute approximate surface area is 160 Å². The van der Waals surface area contributed by atoms with Gasteiger partial charge in [0.2, 0.25) is 10.0 Å². The lowest BCUT2D eigenvalue weighted by atomic mass is 10.1. The van der Waals surface area contributed by atoms with Crippen molar-refractivity contribution in [3.8, 4) is 0 Å². The lowest BCUT2D eigenvalue weighted by Crippen LogP contribution is -2.50. The third-order valence-corrected chi connectivity index (χ3v) is 8.99. The van der Waals surface area contributed by atoms with Gasteiger partial charge in [-0.2, -0.15) is 4.31 Å². The Morgan fingerprint density at radius 3 is 2.58 bits per heavy atom. The predicted molar refractivity (Wildman–Crippen MR) is 105 cm³/mol. The monoisotopic (exact) mass is 399 g/mol. The fraction of sp³-hybridized carbons (Fsp3) is 0.722. The summed E-state index contributed by atoms with van der Waals surface area (Å²) in [6.45, 7) is 8.14. The summed E-state index contributed by atoms with van der Waals surface area (Å²) in [5, 5.41) is 3.10. The second kappa shape index (κ2) is 7.86. The van der Waals surface area contributed by atoms with Gasteiger partial charge in [-0.3, -0.25) is 0 Å². The van der Waals surface area contributed by atoms with Crippen LogP contribution < -0.4 is 5.32 Å². The number of nitrogens with zero attached hydrogens (tertiary/aromatic N) is 2. The first-order chi connectivity index (χ1) is 12.3. The molecule has 0 spiro atoms. The molecule has 1 N–H and O–H groups in total. The van der Waals surface area contributed by atoms with Gasteiger partial charge in [-0.15, -0.1) is 11.3 Å². The number of piperidine rings is 1. The molecule has 2 saturated heterocycles. The third-order valence-electron chi connectivity index (χ3n) is 5.42. The Balaban J connectivity index is 1.53. The Bertz CT molecular complexity index is 752. The summed E-state index contributed by atoms with van der Waals surface area (Å²) < 4.78 is 25.8. The average Bonchev–Trinajstić information content (AvgIpc) is 3.16. The molecule has 26 heavy (non-hydrogen) atoms. The fourth-order valence-electron chi connectivity index (χ4n) is 3.88. The van der Waals surface area contributed by atoms with Gasteiger partial charge >= 0.3 is 6.03 Å². The molecule has 2 amide bonds. The summed E-state index contributed by atoms with van der Waals surface area (Å²) in [4.78, 5) is 17.0. The van der Waals surface area contributed by atoms with E-state index in [-0.39, 0.29) is 23.9 Å². The molecule has 0 bridgehead atoms. The summed E-state index contributed by atoms with van der Waals surface area (Å²) in [5.74, 6) is 0.269. The number of likely N-dealkylation sites (tertiary alicyclic amines) is 1. The number of aryl methyl sites for hydroxylation is 2. The van der Waals surface area contributed by atoms with Crippen LogP contribution in [0.4, 0.5) is 4.79 Å². The van der Waals surface area contributed by atoms with E-state index in [1.807, 2.05) is 11.8 Å². The van der Waals surface area contributed by atoms with Crippen molar-refractivity contribution < 1.29 is 13.2 Å². The van der Waals surface area contributed by atoms with Gasteiger partial charge in [0.05, 0.1) is 11.8 Å². The Kier molecular flexibility index (Phi) is 5.94. The van der Waals surface area contributed by atoms with Crippen LogP contribution >= 0.6 is 11.3 Å². The second-order valence-electron chi connectivity index (χ2n) is 7.28. The minimum Gasteiger partial charge on any atom is -0.331 e. The molecule has 146 valence electrons. The highest BCUT2D eigenvalue weighted by Crippen LogP contribution is 2.28. The van der Waals surface area contributed by atoms with Gasteiger partial charge in [-0.1, -0.05) is 6.92 Å². The van der Waals surface area contributed by atoms with Gasteiger partial charge in [0.15, 0.2) is 0 Å². The third kappa shape index (κ3) is 4.07. The summed E-state index contributed by atoms with van der Waals surface area (Å²) in [5.41, 5.74) is 1.29. The SMILES string of the molecule is CCc1sc(C(C)NC(=O)N2CCC(N3CCCS3(=O)=O)CC2)cc1C. The van der Waals surface area contributed by atoms with Crippen LogP contribution in [0.25, 0.3) is 0 Å². The van der Waals surface area contributed by atoms with Crippen molar-refractivity contribution in [3.05, 3.63) is 21.4 Å². The van der Waals surface area contributed by atoms with Crippen molar-refractivity contribution in [1.29, 1.82) is 0 Å². The summed E-state index contributed by atoms with van der Waals surface area (Å²) in [7, 11) is -3.07. The van der Waals surface area contributed by atoms with E-state index >= 15 is 0 Å². The summed E-state index contributed by atoms with van der Waals surface area (Å²) in [6.07, 6.45) is 3.18. The molecule has 1 atom stereocenters. The Hall–Kier alpha value is -1.12. The highest BCUT2D eigenvalue weighted by molar-refractivity contribution is 7.89. The van der Waals surface area contributed by atoms with Crippen LogP contribution in [0.2, 0.25) is 0 Å². The van der Waals surface area contributed by atoms with Crippen molar-refractivity contribution in [2.24, 2.45) is 0 Å². The van der Waals surface area contributed by atoms with E-state index in [1.54, 1.807) is 15.6 Å². The molecule has 2 aliphatic heterocycles. The van der Waals surface area contributed by atoms with Gasteiger partial charge in [-0.05, 0) is 51.2 Å². The van der Waals surface area contributed by atoms with E-state index in [9.17, 15) is 13.2 Å². The normalized spacial score (nSPS) is 22.5. The number of urea groups is 1. The minimum absolute atomic E-state index is 0.0109. The van der Waals surface area contributed by atoms with Crippen LogP contribution in [0.15, 0.2) is 6.07 Å². The highest BCUT2D eigenvalue weighted by atomic mass is 32.2. The van der Waals surface area contributed by atoms with Crippen molar-refractivity contribution in [3.63, 3.8) is 0 Å². The van der Waals surface area contributed by atoms with Crippen LogP contribution in [0, 0.1) is 6.92 Å². The number of sulfonamides is 1. The standard InChI is InChI=1S/C18H29N3O3S2/c1-4-16-13(2)12-17(25-16)14(3)19-18(22)20-9-6-15(7-10-20)21-8-5-11-26(21,23)24/h12,14-15H,4-11H2,1-3H3,(H,19,22). The van der Waals surface area contributed by atoms with Gasteiger partial charge in [0.25, 0.3) is 0 Å². The largest absolute Gasteiger partial charge is 0.331 e. The Morgan fingerprint density at radius 2 is 2.04 bits per heavy atom. The van der Waals surface area contributed by atoms with E-state index in [4.69, 9.17) is 0 Å². The molecule has 6 nitrogen and oxygen atoms in total. The van der Waals surface area contributed by atoms with Crippen molar-refractivity contribution >= 4 is 27.4 Å². The van der Waals surface area contributed by atoms with Crippen molar-refractivity contribution in [1.82, 2.24) is 14.5 Å². The molecule has 2 aliphatic rings. The van der Waals surface area contributed by atoms with Crippen molar-refractivity contribution in [2.45, 2.75) is 58.5 Å². The smallest absolute Gasteiger partial charge is 0.317 e. The maximum atomic E-state index is 12.6. The molecule has 0 saturated carbocycles. The topological polar surface area (TPSA) is 69.7 Å². The number of carbonyl (C=O) groups excluding carboxylic acids is 1. The van der Waals surface area contributed by atoms with E-state index in [0.717, 1.165) is 25.7 Å². The van der Waals surface area contributed by atoms with Crippen LogP contribution in [0.3, 0.4) is 0 Å².